The molecule has 1 aliphatic rings. The lowest BCUT2D eigenvalue weighted by molar-refractivity contribution is 0.248. The largest absolute Gasteiger partial charge is 0.324 e. The van der Waals surface area contributed by atoms with Crippen molar-refractivity contribution in [2.24, 2.45) is 11.7 Å². The molecule has 0 aromatic rings. The summed E-state index contributed by atoms with van der Waals surface area (Å²) in [5.41, 5.74) is 5.83. The molecular weight excluding hydrogens is 192 g/mol. The van der Waals surface area contributed by atoms with Gasteiger partial charge in [0.1, 0.15) is 0 Å². The average molecular weight is 214 g/mol. The second-order valence-corrected chi connectivity index (χ2v) is 5.20. The third kappa shape index (κ3) is 3.64. The maximum Gasteiger partial charge on any atom is 0.0229 e. The fraction of sp³-hybridized carbons (Fsp3) is 0.818. The lowest BCUT2D eigenvalue weighted by Crippen LogP contribution is -2.35. The van der Waals surface area contributed by atoms with Gasteiger partial charge in [0.25, 0.3) is 0 Å². The number of nitrogens with zero attached hydrogens (tertiary/aromatic N) is 1. The number of thioether (sulfide) groups is 1. The van der Waals surface area contributed by atoms with Crippen LogP contribution in [0.3, 0.4) is 0 Å². The van der Waals surface area contributed by atoms with Gasteiger partial charge in [-0.2, -0.15) is 11.8 Å². The van der Waals surface area contributed by atoms with E-state index in [4.69, 9.17) is 5.73 Å². The molecule has 82 valence electrons. The Hall–Kier alpha value is 0.01000. The van der Waals surface area contributed by atoms with Crippen LogP contribution >= 0.6 is 11.8 Å². The van der Waals surface area contributed by atoms with Crippen LogP contribution in [-0.2, 0) is 0 Å². The Morgan fingerprint density at radius 1 is 1.57 bits per heavy atom. The standard InChI is InChI=1S/C11H22N2S/c1-9(8-14-3)13(2)7-10-4-5-11(12)6-10/h4-5,9-11H,6-8,12H2,1-3H3. The lowest BCUT2D eigenvalue weighted by atomic mass is 10.1. The van der Waals surface area contributed by atoms with E-state index in [0.717, 1.165) is 13.0 Å². The fourth-order valence-electron chi connectivity index (χ4n) is 1.86. The molecule has 0 aliphatic heterocycles. The van der Waals surface area contributed by atoms with Crippen molar-refractivity contribution in [1.82, 2.24) is 4.90 Å². The third-order valence-corrected chi connectivity index (χ3v) is 3.70. The molecule has 0 spiro atoms. The Kier molecular flexibility index (Phi) is 4.99. The third-order valence-electron chi connectivity index (χ3n) is 2.89. The van der Waals surface area contributed by atoms with Crippen LogP contribution in [0.1, 0.15) is 13.3 Å². The van der Waals surface area contributed by atoms with E-state index in [2.05, 4.69) is 37.3 Å². The van der Waals surface area contributed by atoms with E-state index in [9.17, 15) is 0 Å². The first-order valence-electron chi connectivity index (χ1n) is 5.26. The van der Waals surface area contributed by atoms with E-state index in [-0.39, 0.29) is 0 Å². The molecule has 2 N–H and O–H groups in total. The van der Waals surface area contributed by atoms with Crippen LogP contribution in [0, 0.1) is 5.92 Å². The number of hydrogen-bond acceptors (Lipinski definition) is 3. The topological polar surface area (TPSA) is 29.3 Å². The summed E-state index contributed by atoms with van der Waals surface area (Å²) >= 11 is 1.91. The summed E-state index contributed by atoms with van der Waals surface area (Å²) in [5, 5.41) is 0. The molecule has 0 bridgehead atoms. The van der Waals surface area contributed by atoms with Gasteiger partial charge >= 0.3 is 0 Å². The number of rotatable bonds is 5. The predicted octanol–water partition coefficient (Wildman–Crippen LogP) is 1.57. The molecule has 0 radical (unpaired) electrons. The summed E-state index contributed by atoms with van der Waals surface area (Å²) < 4.78 is 0. The van der Waals surface area contributed by atoms with Crippen molar-refractivity contribution in [3.05, 3.63) is 12.2 Å². The van der Waals surface area contributed by atoms with Gasteiger partial charge in [-0.15, -0.1) is 0 Å². The minimum atomic E-state index is 0.296. The number of hydrogen-bond donors (Lipinski definition) is 1. The molecular formula is C11H22N2S. The molecule has 1 aliphatic carbocycles. The molecule has 2 nitrogen and oxygen atoms in total. The zero-order valence-electron chi connectivity index (χ0n) is 9.44. The highest BCUT2D eigenvalue weighted by Gasteiger charge is 2.19. The normalized spacial score (nSPS) is 28.6. The fourth-order valence-corrected chi connectivity index (χ4v) is 2.60. The van der Waals surface area contributed by atoms with Crippen LogP contribution < -0.4 is 5.73 Å². The zero-order chi connectivity index (χ0) is 10.6. The minimum absolute atomic E-state index is 0.296. The smallest absolute Gasteiger partial charge is 0.0229 e. The minimum Gasteiger partial charge on any atom is -0.324 e. The Labute approximate surface area is 91.9 Å². The summed E-state index contributed by atoms with van der Waals surface area (Å²) in [4.78, 5) is 2.43. The average Bonchev–Trinajstić information content (AvgIpc) is 2.51. The molecule has 0 saturated heterocycles. The second-order valence-electron chi connectivity index (χ2n) is 4.29. The maximum absolute atomic E-state index is 5.83. The van der Waals surface area contributed by atoms with Gasteiger partial charge in [0.15, 0.2) is 0 Å². The molecule has 0 fully saturated rings. The van der Waals surface area contributed by atoms with Crippen molar-refractivity contribution in [3.8, 4) is 0 Å². The van der Waals surface area contributed by atoms with E-state index in [1.807, 2.05) is 11.8 Å². The Bertz CT molecular complexity index is 194. The Balaban J connectivity index is 2.26. The summed E-state index contributed by atoms with van der Waals surface area (Å²) in [5.74, 6) is 1.87. The predicted molar refractivity (Wildman–Crippen MR) is 65.7 cm³/mol. The van der Waals surface area contributed by atoms with E-state index >= 15 is 0 Å². The van der Waals surface area contributed by atoms with Crippen LogP contribution in [0.5, 0.6) is 0 Å². The van der Waals surface area contributed by atoms with Crippen LogP contribution in [0.2, 0.25) is 0 Å². The molecule has 0 saturated carbocycles. The van der Waals surface area contributed by atoms with Crippen LogP contribution in [0.4, 0.5) is 0 Å². The van der Waals surface area contributed by atoms with E-state index in [0.29, 0.717) is 18.0 Å². The van der Waals surface area contributed by atoms with E-state index in [1.165, 1.54) is 5.75 Å². The van der Waals surface area contributed by atoms with E-state index in [1.54, 1.807) is 0 Å². The monoisotopic (exact) mass is 214 g/mol. The summed E-state index contributed by atoms with van der Waals surface area (Å²) in [7, 11) is 2.21. The van der Waals surface area contributed by atoms with Gasteiger partial charge < -0.3 is 10.6 Å². The van der Waals surface area contributed by atoms with Gasteiger partial charge in [0.2, 0.25) is 0 Å². The summed E-state index contributed by atoms with van der Waals surface area (Å²) in [6.07, 6.45) is 7.69. The molecule has 3 unspecified atom stereocenters. The first-order chi connectivity index (χ1) is 6.63. The highest BCUT2D eigenvalue weighted by Crippen LogP contribution is 2.18. The Morgan fingerprint density at radius 3 is 2.79 bits per heavy atom. The molecule has 0 aromatic carbocycles. The van der Waals surface area contributed by atoms with Gasteiger partial charge in [-0.1, -0.05) is 12.2 Å². The van der Waals surface area contributed by atoms with Gasteiger partial charge in [0, 0.05) is 24.4 Å². The summed E-state index contributed by atoms with van der Waals surface area (Å²) in [6.45, 7) is 3.43. The maximum atomic E-state index is 5.83. The molecule has 0 amide bonds. The van der Waals surface area contributed by atoms with Crippen molar-refractivity contribution in [2.75, 3.05) is 25.6 Å². The van der Waals surface area contributed by atoms with Gasteiger partial charge in [-0.3, -0.25) is 0 Å². The number of nitrogens with two attached hydrogens (primary N) is 1. The van der Waals surface area contributed by atoms with Crippen LogP contribution in [0.15, 0.2) is 12.2 Å². The molecule has 3 atom stereocenters. The van der Waals surface area contributed by atoms with Gasteiger partial charge in [-0.25, -0.2) is 0 Å². The first kappa shape index (κ1) is 12.1. The molecule has 14 heavy (non-hydrogen) atoms. The van der Waals surface area contributed by atoms with Gasteiger partial charge in [-0.05, 0) is 32.6 Å². The lowest BCUT2D eigenvalue weighted by Gasteiger charge is -2.26. The molecule has 0 aromatic heterocycles. The molecule has 0 heterocycles. The highest BCUT2D eigenvalue weighted by atomic mass is 32.2. The Morgan fingerprint density at radius 2 is 2.29 bits per heavy atom. The van der Waals surface area contributed by atoms with Crippen LogP contribution in [0.25, 0.3) is 0 Å². The first-order valence-corrected chi connectivity index (χ1v) is 6.66. The van der Waals surface area contributed by atoms with E-state index < -0.39 is 0 Å². The second kappa shape index (κ2) is 5.79. The molecule has 3 heteroatoms. The van der Waals surface area contributed by atoms with Crippen molar-refractivity contribution in [2.45, 2.75) is 25.4 Å². The molecule has 1 rings (SSSR count). The van der Waals surface area contributed by atoms with Crippen molar-refractivity contribution >= 4 is 11.8 Å². The van der Waals surface area contributed by atoms with Gasteiger partial charge in [0.05, 0.1) is 0 Å². The van der Waals surface area contributed by atoms with Crippen LogP contribution in [-0.4, -0.2) is 42.6 Å². The summed E-state index contributed by atoms with van der Waals surface area (Å²) in [6, 6.07) is 0.958. The van der Waals surface area contributed by atoms with Crippen molar-refractivity contribution in [1.29, 1.82) is 0 Å². The SMILES string of the molecule is CSCC(C)N(C)CC1C=CC(N)C1. The zero-order valence-corrected chi connectivity index (χ0v) is 10.3. The quantitative estimate of drug-likeness (QED) is 0.705. The van der Waals surface area contributed by atoms with Crippen molar-refractivity contribution in [3.63, 3.8) is 0 Å². The highest BCUT2D eigenvalue weighted by molar-refractivity contribution is 7.98. The van der Waals surface area contributed by atoms with Crippen molar-refractivity contribution < 1.29 is 0 Å².